The third-order valence-electron chi connectivity index (χ3n) is 2.67. The summed E-state index contributed by atoms with van der Waals surface area (Å²) in [5, 5.41) is 6.34. The molecule has 1 aromatic rings. The van der Waals surface area contributed by atoms with E-state index in [1.165, 1.54) is 0 Å². The van der Waals surface area contributed by atoms with Crippen LogP contribution in [0.4, 0.5) is 5.69 Å². The van der Waals surface area contributed by atoms with Gasteiger partial charge in [-0.1, -0.05) is 28.1 Å². The number of hydrogen-bond acceptors (Lipinski definition) is 2. The molecule has 0 radical (unpaired) electrons. The van der Waals surface area contributed by atoms with Crippen molar-refractivity contribution in [2.75, 3.05) is 17.7 Å². The van der Waals surface area contributed by atoms with Gasteiger partial charge in [0.1, 0.15) is 0 Å². The van der Waals surface area contributed by atoms with E-state index in [9.17, 15) is 9.59 Å². The van der Waals surface area contributed by atoms with E-state index in [-0.39, 0.29) is 11.8 Å². The fourth-order valence-electron chi connectivity index (χ4n) is 1.58. The molecule has 0 aliphatic rings. The molecule has 0 saturated heterocycles. The van der Waals surface area contributed by atoms with Crippen LogP contribution in [-0.4, -0.2) is 24.2 Å². The highest BCUT2D eigenvalue weighted by Crippen LogP contribution is 2.11. The highest BCUT2D eigenvalue weighted by atomic mass is 79.9. The minimum Gasteiger partial charge on any atom is -0.359 e. The van der Waals surface area contributed by atoms with Crippen molar-refractivity contribution in [1.29, 1.82) is 0 Å². The Morgan fingerprint density at radius 1 is 1.11 bits per heavy atom. The maximum absolute atomic E-state index is 11.6. The summed E-state index contributed by atoms with van der Waals surface area (Å²) in [6.07, 6.45) is 2.77. The second-order valence-electron chi connectivity index (χ2n) is 4.24. The zero-order chi connectivity index (χ0) is 14.1. The third-order valence-corrected chi connectivity index (χ3v) is 3.23. The Morgan fingerprint density at radius 2 is 1.79 bits per heavy atom. The van der Waals surface area contributed by atoms with Crippen LogP contribution >= 0.6 is 15.9 Å². The number of halogens is 1. The van der Waals surface area contributed by atoms with Crippen LogP contribution in [-0.2, 0) is 16.0 Å². The van der Waals surface area contributed by atoms with Gasteiger partial charge in [-0.05, 0) is 30.5 Å². The van der Waals surface area contributed by atoms with Crippen molar-refractivity contribution in [2.45, 2.75) is 25.7 Å². The number of alkyl halides is 1. The summed E-state index contributed by atoms with van der Waals surface area (Å²) in [7, 11) is 1.61. The van der Waals surface area contributed by atoms with Crippen molar-refractivity contribution >= 4 is 33.4 Å². The number of likely N-dealkylation sites (N-methyl/N-ethyl adjacent to an activating group) is 1. The molecule has 0 spiro atoms. The van der Waals surface area contributed by atoms with Crippen LogP contribution in [0.3, 0.4) is 0 Å². The lowest BCUT2D eigenvalue weighted by atomic mass is 10.1. The minimum absolute atomic E-state index is 0.0217. The maximum Gasteiger partial charge on any atom is 0.224 e. The predicted octanol–water partition coefficient (Wildman–Crippen LogP) is 2.48. The third kappa shape index (κ3) is 6.38. The summed E-state index contributed by atoms with van der Waals surface area (Å²) >= 11 is 3.34. The lowest BCUT2D eigenvalue weighted by Gasteiger charge is -2.06. The fraction of sp³-hybridized carbons (Fsp3) is 0.429. The van der Waals surface area contributed by atoms with E-state index in [0.29, 0.717) is 12.8 Å². The van der Waals surface area contributed by atoms with Gasteiger partial charge in [0.25, 0.3) is 0 Å². The summed E-state index contributed by atoms with van der Waals surface area (Å²) in [6, 6.07) is 7.34. The zero-order valence-electron chi connectivity index (χ0n) is 11.0. The molecule has 0 heterocycles. The Kier molecular flexibility index (Phi) is 7.18. The molecule has 0 aliphatic heterocycles. The first kappa shape index (κ1) is 15.7. The van der Waals surface area contributed by atoms with Crippen LogP contribution in [0.5, 0.6) is 0 Å². The molecule has 0 aliphatic carbocycles. The topological polar surface area (TPSA) is 58.2 Å². The van der Waals surface area contributed by atoms with E-state index in [2.05, 4.69) is 26.6 Å². The van der Waals surface area contributed by atoms with Gasteiger partial charge >= 0.3 is 0 Å². The number of carbonyl (C=O) groups excluding carboxylic acids is 2. The van der Waals surface area contributed by atoms with Gasteiger partial charge in [-0.25, -0.2) is 0 Å². The summed E-state index contributed by atoms with van der Waals surface area (Å²) in [4.78, 5) is 22.8. The number of nitrogens with one attached hydrogen (secondary N) is 2. The standard InChI is InChI=1S/C14H19BrN2O2/c1-16-14(19)10-11-5-7-12(8-6-11)17-13(18)4-2-3-9-15/h5-8H,2-4,9-10H2,1H3,(H,16,19)(H,17,18). The normalized spacial score (nSPS) is 10.0. The van der Waals surface area contributed by atoms with Gasteiger partial charge < -0.3 is 10.6 Å². The number of unbranched alkanes of at least 4 members (excludes halogenated alkanes) is 1. The summed E-state index contributed by atoms with van der Waals surface area (Å²) < 4.78 is 0. The summed E-state index contributed by atoms with van der Waals surface area (Å²) in [5.74, 6) is 0.00607. The van der Waals surface area contributed by atoms with Crippen LogP contribution in [0.15, 0.2) is 24.3 Å². The zero-order valence-corrected chi connectivity index (χ0v) is 12.6. The van der Waals surface area contributed by atoms with E-state index in [4.69, 9.17) is 0 Å². The second-order valence-corrected chi connectivity index (χ2v) is 5.03. The largest absolute Gasteiger partial charge is 0.359 e. The molecule has 0 unspecified atom stereocenters. The Hall–Kier alpha value is -1.36. The first-order chi connectivity index (χ1) is 9.15. The highest BCUT2D eigenvalue weighted by Gasteiger charge is 2.03. The van der Waals surface area contributed by atoms with Crippen LogP contribution in [0.25, 0.3) is 0 Å². The molecule has 5 heteroatoms. The van der Waals surface area contributed by atoms with Gasteiger partial charge in [0.2, 0.25) is 11.8 Å². The molecule has 0 bridgehead atoms. The number of anilines is 1. The first-order valence-electron chi connectivity index (χ1n) is 6.31. The maximum atomic E-state index is 11.6. The smallest absolute Gasteiger partial charge is 0.224 e. The van der Waals surface area contributed by atoms with Gasteiger partial charge in [0, 0.05) is 24.5 Å². The molecule has 1 rings (SSSR count). The van der Waals surface area contributed by atoms with Crippen molar-refractivity contribution in [3.63, 3.8) is 0 Å². The SMILES string of the molecule is CNC(=O)Cc1ccc(NC(=O)CCCCBr)cc1. The fourth-order valence-corrected chi connectivity index (χ4v) is 1.98. The van der Waals surface area contributed by atoms with E-state index in [1.807, 2.05) is 24.3 Å². The number of rotatable bonds is 7. The van der Waals surface area contributed by atoms with E-state index < -0.39 is 0 Å². The average molecular weight is 327 g/mol. The van der Waals surface area contributed by atoms with E-state index >= 15 is 0 Å². The summed E-state index contributed by atoms with van der Waals surface area (Å²) in [5.41, 5.74) is 1.70. The molecule has 2 N–H and O–H groups in total. The molecule has 1 aromatic carbocycles. The van der Waals surface area contributed by atoms with Crippen molar-refractivity contribution < 1.29 is 9.59 Å². The molecule has 2 amide bonds. The second kappa shape index (κ2) is 8.69. The Bertz CT molecular complexity index is 418. The summed E-state index contributed by atoms with van der Waals surface area (Å²) in [6.45, 7) is 0. The molecular formula is C14H19BrN2O2. The van der Waals surface area contributed by atoms with Crippen molar-refractivity contribution in [3.05, 3.63) is 29.8 Å². The number of hydrogen-bond donors (Lipinski definition) is 2. The van der Waals surface area contributed by atoms with Crippen molar-refractivity contribution in [3.8, 4) is 0 Å². The Labute approximate surface area is 122 Å². The molecule has 0 saturated carbocycles. The number of amides is 2. The van der Waals surface area contributed by atoms with Crippen molar-refractivity contribution in [1.82, 2.24) is 5.32 Å². The van der Waals surface area contributed by atoms with Gasteiger partial charge in [-0.3, -0.25) is 9.59 Å². The lowest BCUT2D eigenvalue weighted by molar-refractivity contribution is -0.120. The van der Waals surface area contributed by atoms with Crippen LogP contribution in [0, 0.1) is 0 Å². The number of benzene rings is 1. The first-order valence-corrected chi connectivity index (χ1v) is 7.43. The van der Waals surface area contributed by atoms with Crippen LogP contribution < -0.4 is 10.6 Å². The van der Waals surface area contributed by atoms with Crippen LogP contribution in [0.2, 0.25) is 0 Å². The average Bonchev–Trinajstić information content (AvgIpc) is 2.41. The van der Waals surface area contributed by atoms with E-state index in [0.717, 1.165) is 29.4 Å². The lowest BCUT2D eigenvalue weighted by Crippen LogP contribution is -2.19. The van der Waals surface area contributed by atoms with Gasteiger partial charge in [0.15, 0.2) is 0 Å². The molecule has 0 fully saturated rings. The molecule has 19 heavy (non-hydrogen) atoms. The van der Waals surface area contributed by atoms with E-state index in [1.54, 1.807) is 7.05 Å². The Morgan fingerprint density at radius 3 is 2.37 bits per heavy atom. The van der Waals surface area contributed by atoms with Gasteiger partial charge in [-0.15, -0.1) is 0 Å². The molecule has 0 aromatic heterocycles. The molecule has 0 atom stereocenters. The van der Waals surface area contributed by atoms with Gasteiger partial charge in [-0.2, -0.15) is 0 Å². The molecule has 4 nitrogen and oxygen atoms in total. The molecular weight excluding hydrogens is 308 g/mol. The van der Waals surface area contributed by atoms with Crippen molar-refractivity contribution in [2.24, 2.45) is 0 Å². The Balaban J connectivity index is 2.43. The molecule has 104 valence electrons. The number of carbonyl (C=O) groups is 2. The van der Waals surface area contributed by atoms with Crippen LogP contribution in [0.1, 0.15) is 24.8 Å². The minimum atomic E-state index is -0.0217. The quantitative estimate of drug-likeness (QED) is 0.597. The van der Waals surface area contributed by atoms with Gasteiger partial charge in [0.05, 0.1) is 6.42 Å². The highest BCUT2D eigenvalue weighted by molar-refractivity contribution is 9.09. The monoisotopic (exact) mass is 326 g/mol. The predicted molar refractivity (Wildman–Crippen MR) is 80.5 cm³/mol.